The van der Waals surface area contributed by atoms with Crippen LogP contribution in [0.3, 0.4) is 0 Å². The van der Waals surface area contributed by atoms with Gasteiger partial charge in [0.15, 0.2) is 0 Å². The minimum Gasteiger partial charge on any atom is -0.268 e. The van der Waals surface area contributed by atoms with Crippen LogP contribution >= 0.6 is 25.0 Å². The zero-order valence-electron chi connectivity index (χ0n) is 11.5. The molecule has 2 aromatic carbocycles. The van der Waals surface area contributed by atoms with Crippen LogP contribution in [0.15, 0.2) is 53.3 Å². The van der Waals surface area contributed by atoms with E-state index in [1.54, 1.807) is 4.57 Å². The number of halogens is 1. The summed E-state index contributed by atoms with van der Waals surface area (Å²) in [6.07, 6.45) is 0. The highest BCUT2D eigenvalue weighted by Crippen LogP contribution is 2.16. The van der Waals surface area contributed by atoms with Crippen molar-refractivity contribution in [2.24, 2.45) is 0 Å². The van der Waals surface area contributed by atoms with Gasteiger partial charge in [-0.1, -0.05) is 30.3 Å². The van der Waals surface area contributed by atoms with E-state index in [1.807, 2.05) is 55.5 Å². The number of hydrogen-bond donors (Lipinski definition) is 1. The highest BCUT2D eigenvalue weighted by Gasteiger charge is 2.12. The number of hydrogen-bond acceptors (Lipinski definition) is 3. The largest absolute Gasteiger partial charge is 0.268 e. The summed E-state index contributed by atoms with van der Waals surface area (Å²) in [6, 6.07) is 15.2. The second kappa shape index (κ2) is 6.33. The van der Waals surface area contributed by atoms with Crippen LogP contribution in [0.5, 0.6) is 0 Å². The van der Waals surface area contributed by atoms with Gasteiger partial charge in [-0.15, -0.1) is 12.4 Å². The lowest BCUT2D eigenvalue weighted by molar-refractivity contribution is 0.879. The Morgan fingerprint density at radius 1 is 1.10 bits per heavy atom. The van der Waals surface area contributed by atoms with Crippen LogP contribution in [-0.2, 0) is 5.75 Å². The molecule has 3 rings (SSSR count). The minimum absolute atomic E-state index is 0. The van der Waals surface area contributed by atoms with E-state index in [2.05, 4.69) is 17.6 Å². The first kappa shape index (κ1) is 15.6. The number of para-hydroxylation sites is 2. The zero-order valence-corrected chi connectivity index (χ0v) is 13.2. The minimum atomic E-state index is -0.0473. The maximum absolute atomic E-state index is 12.7. The molecule has 0 spiro atoms. The number of aryl methyl sites for hydroxylation is 1. The van der Waals surface area contributed by atoms with Crippen molar-refractivity contribution in [1.29, 1.82) is 0 Å². The van der Waals surface area contributed by atoms with E-state index < -0.39 is 0 Å². The van der Waals surface area contributed by atoms with Gasteiger partial charge < -0.3 is 0 Å². The molecule has 0 radical (unpaired) electrons. The van der Waals surface area contributed by atoms with Gasteiger partial charge in [0, 0.05) is 5.75 Å². The molecule has 3 aromatic rings. The molecule has 0 fully saturated rings. The van der Waals surface area contributed by atoms with Gasteiger partial charge in [-0.2, -0.15) is 12.6 Å². The third-order valence-corrected chi connectivity index (χ3v) is 3.63. The molecule has 1 aromatic heterocycles. The second-order valence-electron chi connectivity index (χ2n) is 4.63. The van der Waals surface area contributed by atoms with Crippen molar-refractivity contribution in [3.05, 3.63) is 70.3 Å². The van der Waals surface area contributed by atoms with Gasteiger partial charge in [-0.3, -0.25) is 9.36 Å². The lowest BCUT2D eigenvalue weighted by Crippen LogP contribution is -2.24. The van der Waals surface area contributed by atoms with Crippen LogP contribution in [0.4, 0.5) is 0 Å². The summed E-state index contributed by atoms with van der Waals surface area (Å²) in [5.41, 5.74) is 2.56. The van der Waals surface area contributed by atoms with Gasteiger partial charge in [0.05, 0.1) is 16.6 Å². The first-order chi connectivity index (χ1) is 9.72. The quantitative estimate of drug-likeness (QED) is 0.733. The molecule has 0 atom stereocenters. The summed E-state index contributed by atoms with van der Waals surface area (Å²) in [5, 5.41) is 0.626. The topological polar surface area (TPSA) is 34.9 Å². The Morgan fingerprint density at radius 3 is 2.48 bits per heavy atom. The van der Waals surface area contributed by atoms with Gasteiger partial charge >= 0.3 is 0 Å². The average molecular weight is 319 g/mol. The van der Waals surface area contributed by atoms with E-state index in [-0.39, 0.29) is 18.0 Å². The summed E-state index contributed by atoms with van der Waals surface area (Å²) < 4.78 is 1.66. The van der Waals surface area contributed by atoms with Gasteiger partial charge in [0.1, 0.15) is 5.82 Å². The molecular weight excluding hydrogens is 304 g/mol. The predicted octanol–water partition coefficient (Wildman–Crippen LogP) is 3.55. The molecule has 0 saturated carbocycles. The summed E-state index contributed by atoms with van der Waals surface area (Å²) in [4.78, 5) is 17.3. The molecule has 0 aliphatic heterocycles. The van der Waals surface area contributed by atoms with Crippen molar-refractivity contribution >= 4 is 35.9 Å². The Hall–Kier alpha value is -1.78. The maximum Gasteiger partial charge on any atom is 0.265 e. The highest BCUT2D eigenvalue weighted by atomic mass is 35.5. The number of nitrogens with zero attached hydrogens (tertiary/aromatic N) is 2. The van der Waals surface area contributed by atoms with Gasteiger partial charge in [0.25, 0.3) is 5.56 Å². The molecule has 0 aliphatic carbocycles. The Labute approximate surface area is 134 Å². The van der Waals surface area contributed by atoms with Gasteiger partial charge in [-0.25, -0.2) is 4.98 Å². The third kappa shape index (κ3) is 2.69. The molecule has 108 valence electrons. The fourth-order valence-corrected chi connectivity index (χ4v) is 2.56. The molecule has 1 heterocycles. The van der Waals surface area contributed by atoms with E-state index in [0.29, 0.717) is 22.5 Å². The number of rotatable bonds is 2. The number of benzene rings is 2. The van der Waals surface area contributed by atoms with E-state index in [0.717, 1.165) is 11.3 Å². The van der Waals surface area contributed by atoms with Gasteiger partial charge in [-0.05, 0) is 30.7 Å². The van der Waals surface area contributed by atoms with Gasteiger partial charge in [0.2, 0.25) is 0 Å². The SMILES string of the molecule is Cc1ccccc1-n1c(CS)nc2ccccc2c1=O.Cl. The molecule has 0 saturated heterocycles. The lowest BCUT2D eigenvalue weighted by atomic mass is 10.2. The Morgan fingerprint density at radius 2 is 1.76 bits per heavy atom. The molecule has 21 heavy (non-hydrogen) atoms. The molecule has 0 aliphatic rings. The Balaban J connectivity index is 0.00000161. The Bertz CT molecular complexity index is 845. The summed E-state index contributed by atoms with van der Waals surface area (Å²) in [6.45, 7) is 1.99. The molecular formula is C16H15ClN2OS. The van der Waals surface area contributed by atoms with Crippen LogP contribution in [0.1, 0.15) is 11.4 Å². The zero-order chi connectivity index (χ0) is 14.1. The smallest absolute Gasteiger partial charge is 0.265 e. The van der Waals surface area contributed by atoms with Crippen molar-refractivity contribution in [2.45, 2.75) is 12.7 Å². The molecule has 5 heteroatoms. The highest BCUT2D eigenvalue weighted by molar-refractivity contribution is 7.79. The van der Waals surface area contributed by atoms with Crippen molar-refractivity contribution in [2.75, 3.05) is 0 Å². The maximum atomic E-state index is 12.7. The molecule has 3 nitrogen and oxygen atoms in total. The molecule has 0 unspecified atom stereocenters. The lowest BCUT2D eigenvalue weighted by Gasteiger charge is -2.14. The standard InChI is InChI=1S/C16H14N2OS.ClH/c1-11-6-2-5-9-14(11)18-15(10-20)17-13-8-4-3-7-12(13)16(18)19;/h2-9,20H,10H2,1H3;1H. The number of aromatic nitrogens is 2. The fraction of sp³-hybridized carbons (Fsp3) is 0.125. The summed E-state index contributed by atoms with van der Waals surface area (Å²) >= 11 is 4.31. The first-order valence-corrected chi connectivity index (χ1v) is 7.03. The normalized spacial score (nSPS) is 10.4. The monoisotopic (exact) mass is 318 g/mol. The van der Waals surface area contributed by atoms with Crippen LogP contribution in [0.2, 0.25) is 0 Å². The van der Waals surface area contributed by atoms with Crippen LogP contribution in [0.25, 0.3) is 16.6 Å². The van der Waals surface area contributed by atoms with Crippen molar-refractivity contribution in [3.63, 3.8) is 0 Å². The number of thiol groups is 1. The van der Waals surface area contributed by atoms with E-state index in [1.165, 1.54) is 0 Å². The van der Waals surface area contributed by atoms with Crippen molar-refractivity contribution in [3.8, 4) is 5.69 Å². The van der Waals surface area contributed by atoms with Crippen LogP contribution in [-0.4, -0.2) is 9.55 Å². The van der Waals surface area contributed by atoms with E-state index in [4.69, 9.17) is 0 Å². The second-order valence-corrected chi connectivity index (χ2v) is 4.95. The van der Waals surface area contributed by atoms with Crippen molar-refractivity contribution < 1.29 is 0 Å². The third-order valence-electron chi connectivity index (χ3n) is 3.34. The number of fused-ring (bicyclic) bond motifs is 1. The predicted molar refractivity (Wildman–Crippen MR) is 92.0 cm³/mol. The summed E-state index contributed by atoms with van der Waals surface area (Å²) in [7, 11) is 0. The first-order valence-electron chi connectivity index (χ1n) is 6.40. The Kier molecular flexibility index (Phi) is 4.70. The molecule has 0 amide bonds. The van der Waals surface area contributed by atoms with E-state index in [9.17, 15) is 4.79 Å². The van der Waals surface area contributed by atoms with Crippen LogP contribution in [0, 0.1) is 6.92 Å². The average Bonchev–Trinajstić information content (AvgIpc) is 2.48. The molecule has 0 N–H and O–H groups in total. The van der Waals surface area contributed by atoms with Crippen molar-refractivity contribution in [1.82, 2.24) is 9.55 Å². The molecule has 0 bridgehead atoms. The summed E-state index contributed by atoms with van der Waals surface area (Å²) in [5.74, 6) is 1.07. The van der Waals surface area contributed by atoms with E-state index >= 15 is 0 Å². The van der Waals surface area contributed by atoms with Crippen LogP contribution < -0.4 is 5.56 Å². The fourth-order valence-electron chi connectivity index (χ4n) is 2.35.